The van der Waals surface area contributed by atoms with Crippen LogP contribution in [0.5, 0.6) is 11.6 Å². The van der Waals surface area contributed by atoms with Gasteiger partial charge in [0.1, 0.15) is 30.3 Å². The fourth-order valence-electron chi connectivity index (χ4n) is 5.65. The van der Waals surface area contributed by atoms with Gasteiger partial charge in [0.25, 0.3) is 5.85 Å². The summed E-state index contributed by atoms with van der Waals surface area (Å²) in [6.45, 7) is 7.65. The van der Waals surface area contributed by atoms with Crippen molar-refractivity contribution < 1.29 is 47.2 Å². The van der Waals surface area contributed by atoms with E-state index in [0.29, 0.717) is 6.61 Å². The lowest BCUT2D eigenvalue weighted by Crippen LogP contribution is -2.43. The third-order valence-electron chi connectivity index (χ3n) is 8.27. The average molecular weight is 694 g/mol. The van der Waals surface area contributed by atoms with E-state index in [-0.39, 0.29) is 47.2 Å². The molecule has 14 nitrogen and oxygen atoms in total. The largest absolute Gasteiger partial charge is 0.476 e. The average Bonchev–Trinajstić information content (AvgIpc) is 3.56. The Labute approximate surface area is 278 Å². The minimum atomic E-state index is -4.44. The summed E-state index contributed by atoms with van der Waals surface area (Å²) in [6, 6.07) is 7.07. The summed E-state index contributed by atoms with van der Waals surface area (Å²) in [6.07, 6.45) is 1.46. The van der Waals surface area contributed by atoms with Gasteiger partial charge in [-0.05, 0) is 42.7 Å². The van der Waals surface area contributed by atoms with Crippen molar-refractivity contribution in [1.82, 2.24) is 24.6 Å². The maximum Gasteiger partial charge on any atom is 0.459 e. The second-order valence-corrected chi connectivity index (χ2v) is 15.2. The van der Waals surface area contributed by atoms with Crippen LogP contribution in [0.3, 0.4) is 0 Å². The van der Waals surface area contributed by atoms with Crippen molar-refractivity contribution in [2.75, 3.05) is 19.8 Å². The Kier molecular flexibility index (Phi) is 11.4. The van der Waals surface area contributed by atoms with E-state index in [1.165, 1.54) is 12.7 Å². The molecule has 4 heterocycles. The minimum absolute atomic E-state index is 0.0172. The number of benzene rings is 1. The van der Waals surface area contributed by atoms with Crippen molar-refractivity contribution in [2.24, 2.45) is 11.3 Å². The van der Waals surface area contributed by atoms with Gasteiger partial charge in [0.05, 0.1) is 26.1 Å². The molecule has 2 aromatic heterocycles. The molecule has 48 heavy (non-hydrogen) atoms. The second kappa shape index (κ2) is 15.1. The first-order chi connectivity index (χ1) is 22.8. The highest BCUT2D eigenvalue weighted by Crippen LogP contribution is 2.48. The summed E-state index contributed by atoms with van der Waals surface area (Å²) in [4.78, 5) is 26.1. The molecule has 16 heteroatoms. The molecule has 2 aliphatic heterocycles. The third-order valence-corrected chi connectivity index (χ3v) is 9.84. The van der Waals surface area contributed by atoms with E-state index < -0.39 is 50.7 Å². The molecule has 0 spiro atoms. The van der Waals surface area contributed by atoms with Crippen LogP contribution >= 0.6 is 7.75 Å². The molecule has 264 valence electrons. The number of aromatic nitrogens is 4. The standard InChI is InChI=1S/C32H45FN5O9P/c1-21(2)16-23-29(40)44-18-31(3,4)14-10-5-6-11-15-43-28-25-27(34-19-35-28)38(20-36-25)30-32(33,41)26(39)24(46-30)17-45-48(42,37-23)47-22-12-8-7-9-13-22/h7-9,12-13,19-21,23-24,26,30,39,41H,5-6,10-11,14-18H2,1-4H3,(H,37,42)/t23-,24-,26-,30-,32-,48?/m1/s1. The molecule has 6 bridgehead atoms. The van der Waals surface area contributed by atoms with Crippen LogP contribution in [0.15, 0.2) is 43.0 Å². The molecule has 0 amide bonds. The number of cyclic esters (lactones) is 1. The van der Waals surface area contributed by atoms with Crippen molar-refractivity contribution in [2.45, 2.75) is 96.6 Å². The maximum absolute atomic E-state index is 15.8. The SMILES string of the molecule is CC(C)C[C@H]1NP(=O)(Oc2ccccc2)OC[C@H]2O[C@@H](n3cnc4c(ncnc43)OCCCCCCC(C)(C)COC1=O)[C@@](O)(F)[C@@H]2O. The Bertz CT molecular complexity index is 1570. The van der Waals surface area contributed by atoms with Gasteiger partial charge >= 0.3 is 13.7 Å². The number of halogens is 1. The van der Waals surface area contributed by atoms with Crippen molar-refractivity contribution in [3.05, 3.63) is 43.0 Å². The number of rotatable bonds is 4. The summed E-state index contributed by atoms with van der Waals surface area (Å²) < 4.78 is 60.2. The van der Waals surface area contributed by atoms with Gasteiger partial charge < -0.3 is 28.9 Å². The molecule has 3 aromatic rings. The van der Waals surface area contributed by atoms with E-state index in [9.17, 15) is 19.6 Å². The van der Waals surface area contributed by atoms with Crippen LogP contribution in [-0.2, 0) is 23.4 Å². The molecule has 0 aliphatic carbocycles. The van der Waals surface area contributed by atoms with Gasteiger partial charge in [-0.15, -0.1) is 0 Å². The number of carbonyl (C=O) groups is 1. The molecule has 6 atom stereocenters. The molecular formula is C32H45FN5O9P. The van der Waals surface area contributed by atoms with E-state index in [1.807, 2.05) is 27.7 Å². The van der Waals surface area contributed by atoms with E-state index in [4.69, 9.17) is 23.3 Å². The van der Waals surface area contributed by atoms with Crippen LogP contribution in [0, 0.1) is 11.3 Å². The number of nitrogens with one attached hydrogen (secondary N) is 1. The summed E-state index contributed by atoms with van der Waals surface area (Å²) in [7, 11) is -4.44. The number of aliphatic hydroxyl groups excluding tert-OH is 1. The summed E-state index contributed by atoms with van der Waals surface area (Å²) in [5.41, 5.74) is 0.00766. The van der Waals surface area contributed by atoms with E-state index in [0.717, 1.165) is 36.7 Å². The number of nitrogens with zero attached hydrogens (tertiary/aromatic N) is 4. The van der Waals surface area contributed by atoms with Gasteiger partial charge in [0, 0.05) is 0 Å². The molecule has 2 aliphatic rings. The molecule has 1 saturated heterocycles. The number of aliphatic hydroxyl groups is 2. The lowest BCUT2D eigenvalue weighted by molar-refractivity contribution is -0.195. The summed E-state index contributed by atoms with van der Waals surface area (Å²) >= 11 is 0. The monoisotopic (exact) mass is 693 g/mol. The zero-order valence-electron chi connectivity index (χ0n) is 27.7. The predicted molar refractivity (Wildman–Crippen MR) is 172 cm³/mol. The van der Waals surface area contributed by atoms with Crippen molar-refractivity contribution in [1.29, 1.82) is 0 Å². The van der Waals surface area contributed by atoms with Gasteiger partial charge in [0.15, 0.2) is 17.4 Å². The number of ether oxygens (including phenoxy) is 3. The fraction of sp³-hybridized carbons (Fsp3) is 0.625. The second-order valence-electron chi connectivity index (χ2n) is 13.5. The smallest absolute Gasteiger partial charge is 0.459 e. The minimum Gasteiger partial charge on any atom is -0.476 e. The number of alkyl halides is 1. The fourth-order valence-corrected chi connectivity index (χ4v) is 7.17. The highest BCUT2D eigenvalue weighted by atomic mass is 31.2. The Balaban J connectivity index is 1.46. The Morgan fingerprint density at radius 2 is 1.88 bits per heavy atom. The van der Waals surface area contributed by atoms with Crippen LogP contribution in [0.4, 0.5) is 4.39 Å². The molecule has 1 aromatic carbocycles. The highest BCUT2D eigenvalue weighted by molar-refractivity contribution is 7.52. The Hall–Kier alpha value is -3.20. The van der Waals surface area contributed by atoms with Crippen molar-refractivity contribution in [3.8, 4) is 11.6 Å². The van der Waals surface area contributed by atoms with Crippen LogP contribution in [0.25, 0.3) is 11.2 Å². The molecule has 1 fully saturated rings. The zero-order valence-corrected chi connectivity index (χ0v) is 28.6. The van der Waals surface area contributed by atoms with Gasteiger partial charge in [-0.2, -0.15) is 10.1 Å². The van der Waals surface area contributed by atoms with Gasteiger partial charge in [-0.25, -0.2) is 18.9 Å². The first kappa shape index (κ1) is 36.1. The maximum atomic E-state index is 15.8. The number of esters is 1. The zero-order chi connectivity index (χ0) is 34.5. The van der Waals surface area contributed by atoms with Crippen LogP contribution in [0.1, 0.15) is 72.4 Å². The highest BCUT2D eigenvalue weighted by Gasteiger charge is 2.58. The molecule has 0 radical (unpaired) electrons. The molecule has 0 saturated carbocycles. The normalized spacial score (nSPS) is 31.0. The van der Waals surface area contributed by atoms with E-state index >= 15 is 4.39 Å². The quantitative estimate of drug-likeness (QED) is 0.250. The lowest BCUT2D eigenvalue weighted by Gasteiger charge is -2.29. The van der Waals surface area contributed by atoms with Gasteiger partial charge in [-0.1, -0.05) is 65.2 Å². The molecular weight excluding hydrogens is 648 g/mol. The molecule has 3 N–H and O–H groups in total. The van der Waals surface area contributed by atoms with Crippen molar-refractivity contribution >= 4 is 24.9 Å². The first-order valence-electron chi connectivity index (χ1n) is 16.3. The number of hydrogen-bond donors (Lipinski definition) is 3. The molecule has 5 rings (SSSR count). The Morgan fingerprint density at radius 3 is 2.62 bits per heavy atom. The lowest BCUT2D eigenvalue weighted by atomic mass is 9.88. The van der Waals surface area contributed by atoms with Crippen LogP contribution < -0.4 is 14.3 Å². The Morgan fingerprint density at radius 1 is 1.12 bits per heavy atom. The van der Waals surface area contributed by atoms with Crippen molar-refractivity contribution in [3.63, 3.8) is 0 Å². The summed E-state index contributed by atoms with van der Waals surface area (Å²) in [5.74, 6) is -3.64. The van der Waals surface area contributed by atoms with E-state index in [2.05, 4.69) is 20.0 Å². The topological polar surface area (TPSA) is 176 Å². The van der Waals surface area contributed by atoms with E-state index in [1.54, 1.807) is 30.3 Å². The summed E-state index contributed by atoms with van der Waals surface area (Å²) in [5, 5.41) is 24.4. The first-order valence-corrected chi connectivity index (χ1v) is 17.8. The van der Waals surface area contributed by atoms with Crippen LogP contribution in [0.2, 0.25) is 0 Å². The number of para-hydroxylation sites is 1. The van der Waals surface area contributed by atoms with Gasteiger partial charge in [-0.3, -0.25) is 13.9 Å². The predicted octanol–water partition coefficient (Wildman–Crippen LogP) is 4.86. The van der Waals surface area contributed by atoms with Crippen LogP contribution in [-0.4, -0.2) is 79.6 Å². The number of imidazole rings is 1. The number of hydrogen-bond acceptors (Lipinski definition) is 12. The molecule has 1 unspecified atom stereocenters. The third kappa shape index (κ3) is 8.68. The number of carbonyl (C=O) groups excluding carboxylic acids is 1. The number of fused-ring (bicyclic) bond motifs is 3. The van der Waals surface area contributed by atoms with Gasteiger partial charge in [0.2, 0.25) is 5.88 Å².